The summed E-state index contributed by atoms with van der Waals surface area (Å²) in [5.41, 5.74) is -0.539. The van der Waals surface area contributed by atoms with Crippen molar-refractivity contribution >= 4 is 5.78 Å². The molecule has 1 fully saturated rings. The van der Waals surface area contributed by atoms with E-state index in [1.807, 2.05) is 13.8 Å². The molecule has 1 rings (SSSR count). The Hall–Kier alpha value is -0.370. The van der Waals surface area contributed by atoms with Gasteiger partial charge in [-0.25, -0.2) is 0 Å². The molecule has 1 saturated carbocycles. The van der Waals surface area contributed by atoms with Crippen LogP contribution in [-0.2, 0) is 9.53 Å². The van der Waals surface area contributed by atoms with E-state index in [2.05, 4.69) is 0 Å². The lowest BCUT2D eigenvalue weighted by atomic mass is 9.89. The van der Waals surface area contributed by atoms with Gasteiger partial charge in [-0.15, -0.1) is 0 Å². The number of methoxy groups -OCH3 is 1. The summed E-state index contributed by atoms with van der Waals surface area (Å²) < 4.78 is 5.31. The normalized spacial score (nSPS) is 22.2. The number of hydrogen-bond acceptors (Lipinski definition) is 2. The highest BCUT2D eigenvalue weighted by Gasteiger charge is 2.32. The molecule has 82 valence electrons. The Balaban J connectivity index is 2.46. The maximum absolute atomic E-state index is 12.0. The van der Waals surface area contributed by atoms with Gasteiger partial charge in [0.1, 0.15) is 5.60 Å². The Morgan fingerprint density at radius 2 is 2.00 bits per heavy atom. The van der Waals surface area contributed by atoms with E-state index in [1.54, 1.807) is 7.11 Å². The quantitative estimate of drug-likeness (QED) is 0.679. The third-order valence-corrected chi connectivity index (χ3v) is 3.66. The van der Waals surface area contributed by atoms with Crippen LogP contribution in [0.3, 0.4) is 0 Å². The van der Waals surface area contributed by atoms with Gasteiger partial charge in [0.05, 0.1) is 0 Å². The van der Waals surface area contributed by atoms with E-state index in [9.17, 15) is 4.79 Å². The lowest BCUT2D eigenvalue weighted by Crippen LogP contribution is -2.37. The van der Waals surface area contributed by atoms with E-state index >= 15 is 0 Å². The van der Waals surface area contributed by atoms with Crippen molar-refractivity contribution in [2.75, 3.05) is 7.11 Å². The van der Waals surface area contributed by atoms with Crippen LogP contribution < -0.4 is 0 Å². The van der Waals surface area contributed by atoms with Crippen molar-refractivity contribution in [1.29, 1.82) is 0 Å². The average molecular weight is 198 g/mol. The van der Waals surface area contributed by atoms with E-state index in [1.165, 1.54) is 25.7 Å². The molecule has 0 bridgehead atoms. The summed E-state index contributed by atoms with van der Waals surface area (Å²) in [5, 5.41) is 0. The van der Waals surface area contributed by atoms with Crippen LogP contribution in [0.15, 0.2) is 0 Å². The standard InChI is InChI=1S/C12H22O2/c1-4-12(2,14-3)11(13)9-10-7-5-6-8-10/h10H,4-9H2,1-3H3. The van der Waals surface area contributed by atoms with Crippen molar-refractivity contribution in [1.82, 2.24) is 0 Å². The molecule has 0 saturated heterocycles. The van der Waals surface area contributed by atoms with Gasteiger partial charge in [-0.1, -0.05) is 32.6 Å². The number of carbonyl (C=O) groups excluding carboxylic acids is 1. The molecule has 2 nitrogen and oxygen atoms in total. The fraction of sp³-hybridized carbons (Fsp3) is 0.917. The second-order valence-electron chi connectivity index (χ2n) is 4.57. The lowest BCUT2D eigenvalue weighted by Gasteiger charge is -2.26. The molecule has 1 unspecified atom stereocenters. The van der Waals surface area contributed by atoms with Gasteiger partial charge < -0.3 is 4.74 Å². The Labute approximate surface area is 87.0 Å². The highest BCUT2D eigenvalue weighted by Crippen LogP contribution is 2.30. The summed E-state index contributed by atoms with van der Waals surface area (Å²) in [4.78, 5) is 12.0. The summed E-state index contributed by atoms with van der Waals surface area (Å²) >= 11 is 0. The third kappa shape index (κ3) is 2.57. The second kappa shape index (κ2) is 4.92. The number of ketones is 1. The first-order valence-corrected chi connectivity index (χ1v) is 5.71. The highest BCUT2D eigenvalue weighted by molar-refractivity contribution is 5.87. The first kappa shape index (κ1) is 11.7. The van der Waals surface area contributed by atoms with Crippen molar-refractivity contribution in [2.45, 2.75) is 58.0 Å². The molecule has 0 spiro atoms. The van der Waals surface area contributed by atoms with Gasteiger partial charge in [-0.05, 0) is 19.3 Å². The molecule has 2 heteroatoms. The smallest absolute Gasteiger partial charge is 0.164 e. The topological polar surface area (TPSA) is 26.3 Å². The highest BCUT2D eigenvalue weighted by atomic mass is 16.5. The van der Waals surface area contributed by atoms with E-state index in [0.717, 1.165) is 12.8 Å². The minimum absolute atomic E-state index is 0.286. The molecule has 0 aliphatic heterocycles. The first-order chi connectivity index (χ1) is 6.62. The molecular formula is C12H22O2. The summed E-state index contributed by atoms with van der Waals surface area (Å²) in [6.07, 6.45) is 6.55. The van der Waals surface area contributed by atoms with Crippen LogP contribution in [-0.4, -0.2) is 18.5 Å². The third-order valence-electron chi connectivity index (χ3n) is 3.66. The predicted octanol–water partition coefficient (Wildman–Crippen LogP) is 2.95. The van der Waals surface area contributed by atoms with Crippen LogP contribution >= 0.6 is 0 Å². The maximum atomic E-state index is 12.0. The average Bonchev–Trinajstić information content (AvgIpc) is 2.69. The van der Waals surface area contributed by atoms with Crippen LogP contribution in [0, 0.1) is 5.92 Å². The molecule has 0 aromatic rings. The predicted molar refractivity (Wildman–Crippen MR) is 57.3 cm³/mol. The molecule has 14 heavy (non-hydrogen) atoms. The summed E-state index contributed by atoms with van der Waals surface area (Å²) in [5.74, 6) is 0.915. The van der Waals surface area contributed by atoms with E-state index in [4.69, 9.17) is 4.74 Å². The van der Waals surface area contributed by atoms with Crippen LogP contribution in [0.1, 0.15) is 52.4 Å². The Bertz CT molecular complexity index is 188. The fourth-order valence-electron chi connectivity index (χ4n) is 2.15. The van der Waals surface area contributed by atoms with E-state index in [-0.39, 0.29) is 5.78 Å². The van der Waals surface area contributed by atoms with Crippen molar-refractivity contribution in [3.8, 4) is 0 Å². The first-order valence-electron chi connectivity index (χ1n) is 5.71. The summed E-state index contributed by atoms with van der Waals surface area (Å²) in [7, 11) is 1.63. The van der Waals surface area contributed by atoms with Gasteiger partial charge in [-0.3, -0.25) is 4.79 Å². The van der Waals surface area contributed by atoms with Crippen LogP contribution in [0.5, 0.6) is 0 Å². The minimum atomic E-state index is -0.539. The molecule has 0 N–H and O–H groups in total. The molecular weight excluding hydrogens is 176 g/mol. The molecule has 1 atom stereocenters. The number of rotatable bonds is 5. The van der Waals surface area contributed by atoms with Crippen molar-refractivity contribution < 1.29 is 9.53 Å². The van der Waals surface area contributed by atoms with Crippen LogP contribution in [0.25, 0.3) is 0 Å². The molecule has 0 aromatic heterocycles. The van der Waals surface area contributed by atoms with Crippen molar-refractivity contribution in [3.05, 3.63) is 0 Å². The monoisotopic (exact) mass is 198 g/mol. The maximum Gasteiger partial charge on any atom is 0.164 e. The molecule has 1 aliphatic carbocycles. The van der Waals surface area contributed by atoms with Gasteiger partial charge in [-0.2, -0.15) is 0 Å². The Kier molecular flexibility index (Phi) is 4.11. The van der Waals surface area contributed by atoms with E-state index in [0.29, 0.717) is 5.92 Å². The summed E-state index contributed by atoms with van der Waals surface area (Å²) in [6.45, 7) is 3.92. The van der Waals surface area contributed by atoms with Crippen molar-refractivity contribution in [2.24, 2.45) is 5.92 Å². The van der Waals surface area contributed by atoms with Crippen molar-refractivity contribution in [3.63, 3.8) is 0 Å². The fourth-order valence-corrected chi connectivity index (χ4v) is 2.15. The Morgan fingerprint density at radius 1 is 1.43 bits per heavy atom. The number of hydrogen-bond donors (Lipinski definition) is 0. The SMILES string of the molecule is CCC(C)(OC)C(=O)CC1CCCC1. The number of carbonyl (C=O) groups is 1. The van der Waals surface area contributed by atoms with Crippen LogP contribution in [0.4, 0.5) is 0 Å². The lowest BCUT2D eigenvalue weighted by molar-refractivity contribution is -0.140. The molecule has 0 amide bonds. The van der Waals surface area contributed by atoms with Gasteiger partial charge in [0.15, 0.2) is 5.78 Å². The molecule has 1 aliphatic rings. The van der Waals surface area contributed by atoms with Gasteiger partial charge in [0.25, 0.3) is 0 Å². The second-order valence-corrected chi connectivity index (χ2v) is 4.57. The van der Waals surface area contributed by atoms with Crippen LogP contribution in [0.2, 0.25) is 0 Å². The largest absolute Gasteiger partial charge is 0.371 e. The molecule has 0 heterocycles. The Morgan fingerprint density at radius 3 is 2.43 bits per heavy atom. The number of ether oxygens (including phenoxy) is 1. The van der Waals surface area contributed by atoms with Gasteiger partial charge in [0.2, 0.25) is 0 Å². The number of Topliss-reactive ketones (excluding diaryl/α,β-unsaturated/α-hetero) is 1. The minimum Gasteiger partial charge on any atom is -0.371 e. The summed E-state index contributed by atoms with van der Waals surface area (Å²) in [6, 6.07) is 0. The zero-order valence-corrected chi connectivity index (χ0v) is 9.64. The molecule has 0 aromatic carbocycles. The van der Waals surface area contributed by atoms with Gasteiger partial charge in [0, 0.05) is 13.5 Å². The zero-order valence-electron chi connectivity index (χ0n) is 9.64. The van der Waals surface area contributed by atoms with Gasteiger partial charge >= 0.3 is 0 Å². The molecule has 0 radical (unpaired) electrons. The zero-order chi connectivity index (χ0) is 10.6. The van der Waals surface area contributed by atoms with E-state index < -0.39 is 5.60 Å².